The lowest BCUT2D eigenvalue weighted by molar-refractivity contribution is -0.106. The largest absolute Gasteiger partial charge is 0.366 e. The fourth-order valence-corrected chi connectivity index (χ4v) is 4.32. The van der Waals surface area contributed by atoms with E-state index in [-0.39, 0.29) is 6.10 Å². The zero-order chi connectivity index (χ0) is 13.7. The topological polar surface area (TPSA) is 28.3 Å². The van der Waals surface area contributed by atoms with Crippen molar-refractivity contribution in [1.82, 2.24) is 9.88 Å². The molecule has 3 nitrogen and oxygen atoms in total. The lowest BCUT2D eigenvalue weighted by Crippen LogP contribution is -2.51. The summed E-state index contributed by atoms with van der Waals surface area (Å²) in [5.41, 5.74) is 4.05. The molecule has 3 atom stereocenters. The maximum Gasteiger partial charge on any atom is 0.0994 e. The standard InChI is InChI=1S/C16H20N2OS/c1-18-8-11(9-20-2)19-16-12-4-3-5-13-15(12)10(7-17-13)6-14(16)18/h3-5,7,11,14,16-17H,6,8-9H2,1-2H3/t11?,14-,16-/m1/s1. The summed E-state index contributed by atoms with van der Waals surface area (Å²) in [6, 6.07) is 7.02. The Balaban J connectivity index is 1.79. The number of nitrogens with one attached hydrogen (secondary N) is 1. The summed E-state index contributed by atoms with van der Waals surface area (Å²) < 4.78 is 6.44. The molecular weight excluding hydrogens is 268 g/mol. The van der Waals surface area contributed by atoms with E-state index in [1.54, 1.807) is 0 Å². The molecule has 1 aromatic carbocycles. The maximum absolute atomic E-state index is 6.44. The van der Waals surface area contributed by atoms with Crippen LogP contribution in [0.1, 0.15) is 17.2 Å². The third-order valence-corrected chi connectivity index (χ3v) is 5.36. The molecule has 0 spiro atoms. The third-order valence-electron chi connectivity index (χ3n) is 4.65. The first kappa shape index (κ1) is 12.7. The second-order valence-electron chi connectivity index (χ2n) is 5.93. The van der Waals surface area contributed by atoms with Crippen LogP contribution in [-0.4, -0.2) is 47.6 Å². The van der Waals surface area contributed by atoms with Gasteiger partial charge in [-0.3, -0.25) is 4.90 Å². The number of likely N-dealkylation sites (N-methyl/N-ethyl adjacent to an activating group) is 1. The van der Waals surface area contributed by atoms with Gasteiger partial charge in [0.2, 0.25) is 0 Å². The molecule has 0 amide bonds. The van der Waals surface area contributed by atoms with E-state index in [0.29, 0.717) is 12.1 Å². The van der Waals surface area contributed by atoms with Crippen molar-refractivity contribution < 1.29 is 4.74 Å². The van der Waals surface area contributed by atoms with Crippen molar-refractivity contribution in [2.24, 2.45) is 0 Å². The lowest BCUT2D eigenvalue weighted by Gasteiger charge is -2.45. The second-order valence-corrected chi connectivity index (χ2v) is 6.84. The molecule has 1 aromatic heterocycles. The minimum absolute atomic E-state index is 0.220. The molecule has 2 aromatic rings. The van der Waals surface area contributed by atoms with Gasteiger partial charge in [-0.2, -0.15) is 11.8 Å². The normalized spacial score (nSPS) is 29.6. The van der Waals surface area contributed by atoms with Crippen molar-refractivity contribution >= 4 is 22.7 Å². The molecule has 4 rings (SSSR count). The van der Waals surface area contributed by atoms with Crippen LogP contribution < -0.4 is 0 Å². The molecule has 1 saturated heterocycles. The van der Waals surface area contributed by atoms with Crippen LogP contribution in [0.15, 0.2) is 24.4 Å². The van der Waals surface area contributed by atoms with Gasteiger partial charge >= 0.3 is 0 Å². The Kier molecular flexibility index (Phi) is 3.05. The van der Waals surface area contributed by atoms with E-state index in [1.165, 1.54) is 22.0 Å². The number of benzene rings is 1. The average Bonchev–Trinajstić information content (AvgIpc) is 2.86. The van der Waals surface area contributed by atoms with Crippen molar-refractivity contribution in [2.75, 3.05) is 25.6 Å². The van der Waals surface area contributed by atoms with Crippen LogP contribution in [0.5, 0.6) is 0 Å². The predicted molar refractivity (Wildman–Crippen MR) is 84.4 cm³/mol. The van der Waals surface area contributed by atoms with Crippen LogP contribution in [0.4, 0.5) is 0 Å². The highest BCUT2D eigenvalue weighted by Crippen LogP contribution is 2.42. The average molecular weight is 288 g/mol. The first-order valence-corrected chi connectivity index (χ1v) is 8.61. The summed E-state index contributed by atoms with van der Waals surface area (Å²) in [7, 11) is 2.24. The number of H-pyrrole nitrogens is 1. The molecule has 4 heteroatoms. The number of rotatable bonds is 2. The number of thioether (sulfide) groups is 1. The monoisotopic (exact) mass is 288 g/mol. The van der Waals surface area contributed by atoms with Gasteiger partial charge in [0.15, 0.2) is 0 Å². The molecule has 0 radical (unpaired) electrons. The van der Waals surface area contributed by atoms with Gasteiger partial charge in [-0.15, -0.1) is 0 Å². The first-order chi connectivity index (χ1) is 9.78. The van der Waals surface area contributed by atoms with Gasteiger partial charge in [0.1, 0.15) is 0 Å². The minimum Gasteiger partial charge on any atom is -0.366 e. The summed E-state index contributed by atoms with van der Waals surface area (Å²) in [5.74, 6) is 1.07. The van der Waals surface area contributed by atoms with E-state index in [2.05, 4.69) is 47.6 Å². The van der Waals surface area contributed by atoms with Crippen molar-refractivity contribution in [1.29, 1.82) is 0 Å². The van der Waals surface area contributed by atoms with Crippen molar-refractivity contribution in [3.63, 3.8) is 0 Å². The zero-order valence-corrected chi connectivity index (χ0v) is 12.7. The molecular formula is C16H20N2OS. The Hall–Kier alpha value is -0.970. The fraction of sp³-hybridized carbons (Fsp3) is 0.500. The van der Waals surface area contributed by atoms with Gasteiger partial charge in [0.05, 0.1) is 12.2 Å². The Morgan fingerprint density at radius 2 is 2.35 bits per heavy atom. The molecule has 20 heavy (non-hydrogen) atoms. The zero-order valence-electron chi connectivity index (χ0n) is 11.9. The maximum atomic E-state index is 6.44. The number of nitrogens with zero attached hydrogens (tertiary/aromatic N) is 1. The van der Waals surface area contributed by atoms with E-state index >= 15 is 0 Å². The van der Waals surface area contributed by atoms with Crippen LogP contribution in [0.25, 0.3) is 10.9 Å². The van der Waals surface area contributed by atoms with Gasteiger partial charge < -0.3 is 9.72 Å². The van der Waals surface area contributed by atoms with E-state index < -0.39 is 0 Å². The Morgan fingerprint density at radius 1 is 1.45 bits per heavy atom. The molecule has 0 saturated carbocycles. The number of aromatic amines is 1. The second kappa shape index (κ2) is 4.79. The Labute approximate surface area is 123 Å². The number of aromatic nitrogens is 1. The third kappa shape index (κ3) is 1.82. The molecule has 1 fully saturated rings. The summed E-state index contributed by atoms with van der Waals surface area (Å²) in [6.07, 6.45) is 5.97. The molecule has 1 unspecified atom stereocenters. The van der Waals surface area contributed by atoms with E-state index in [4.69, 9.17) is 4.74 Å². The summed E-state index contributed by atoms with van der Waals surface area (Å²) in [4.78, 5) is 5.89. The molecule has 2 aliphatic rings. The Bertz CT molecular complexity index is 638. The molecule has 1 aliphatic heterocycles. The number of hydrogen-bond donors (Lipinski definition) is 1. The summed E-state index contributed by atoms with van der Waals surface area (Å²) in [5, 5.41) is 1.40. The highest BCUT2D eigenvalue weighted by atomic mass is 32.2. The van der Waals surface area contributed by atoms with Gasteiger partial charge in [-0.1, -0.05) is 12.1 Å². The quantitative estimate of drug-likeness (QED) is 0.921. The van der Waals surface area contributed by atoms with Crippen LogP contribution in [-0.2, 0) is 11.2 Å². The Morgan fingerprint density at radius 3 is 3.20 bits per heavy atom. The first-order valence-electron chi connectivity index (χ1n) is 7.21. The molecule has 1 aliphatic carbocycles. The van der Waals surface area contributed by atoms with Crippen molar-refractivity contribution in [2.45, 2.75) is 24.7 Å². The number of fused-ring (bicyclic) bond motifs is 2. The summed E-state index contributed by atoms with van der Waals surface area (Å²) >= 11 is 1.87. The molecule has 2 heterocycles. The molecule has 0 bridgehead atoms. The molecule has 106 valence electrons. The predicted octanol–water partition coefficient (Wildman–Crippen LogP) is 2.83. The van der Waals surface area contributed by atoms with Crippen LogP contribution in [0.3, 0.4) is 0 Å². The van der Waals surface area contributed by atoms with Gasteiger partial charge in [0, 0.05) is 35.4 Å². The van der Waals surface area contributed by atoms with Gasteiger partial charge in [-0.25, -0.2) is 0 Å². The lowest BCUT2D eigenvalue weighted by atomic mass is 9.85. The highest BCUT2D eigenvalue weighted by Gasteiger charge is 2.39. The van der Waals surface area contributed by atoms with Crippen LogP contribution in [0, 0.1) is 0 Å². The van der Waals surface area contributed by atoms with Crippen molar-refractivity contribution in [3.05, 3.63) is 35.5 Å². The highest BCUT2D eigenvalue weighted by molar-refractivity contribution is 7.98. The van der Waals surface area contributed by atoms with Crippen LogP contribution >= 0.6 is 11.8 Å². The van der Waals surface area contributed by atoms with E-state index in [9.17, 15) is 0 Å². The number of ether oxygens (including phenoxy) is 1. The number of hydrogen-bond acceptors (Lipinski definition) is 3. The SMILES string of the molecule is CSCC1CN(C)[C@@H]2Cc3c[nH]c4cccc(c34)[C@H]2O1. The van der Waals surface area contributed by atoms with Gasteiger partial charge in [0.25, 0.3) is 0 Å². The number of morpholine rings is 1. The van der Waals surface area contributed by atoms with Crippen LogP contribution in [0.2, 0.25) is 0 Å². The smallest absolute Gasteiger partial charge is 0.0994 e. The van der Waals surface area contributed by atoms with E-state index in [1.807, 2.05) is 11.8 Å². The van der Waals surface area contributed by atoms with Crippen molar-refractivity contribution in [3.8, 4) is 0 Å². The minimum atomic E-state index is 0.220. The van der Waals surface area contributed by atoms with Gasteiger partial charge in [-0.05, 0) is 36.9 Å². The molecule has 1 N–H and O–H groups in total. The summed E-state index contributed by atoms with van der Waals surface area (Å²) in [6.45, 7) is 1.04. The fourth-order valence-electron chi connectivity index (χ4n) is 3.76. The van der Waals surface area contributed by atoms with E-state index in [0.717, 1.165) is 18.7 Å².